The molecule has 1 aliphatic heterocycles. The number of rotatable bonds is 4. The van der Waals surface area contributed by atoms with Gasteiger partial charge in [0.15, 0.2) is 0 Å². The number of hydrogen-bond acceptors (Lipinski definition) is 5. The van der Waals surface area contributed by atoms with Gasteiger partial charge in [0.25, 0.3) is 0 Å². The Morgan fingerprint density at radius 3 is 2.50 bits per heavy atom. The molecule has 0 saturated carbocycles. The van der Waals surface area contributed by atoms with Crippen LogP contribution in [0.25, 0.3) is 0 Å². The number of likely N-dealkylation sites (tertiary alicyclic amines) is 1. The van der Waals surface area contributed by atoms with Gasteiger partial charge in [0.1, 0.15) is 0 Å². The maximum atomic E-state index is 12.4. The molecular formula is C17H22N2O5. The Hall–Kier alpha value is -2.57. The smallest absolute Gasteiger partial charge is 0.409 e. The molecule has 1 N–H and O–H groups in total. The Morgan fingerprint density at radius 1 is 1.21 bits per heavy atom. The third-order valence-electron chi connectivity index (χ3n) is 3.98. The van der Waals surface area contributed by atoms with E-state index in [4.69, 9.17) is 4.74 Å². The Kier molecular flexibility index (Phi) is 6.17. The SMILES string of the molecule is CCOC(=O)c1ccccc1NC(=O)C1CCN(C(=O)OC)CC1. The highest BCUT2D eigenvalue weighted by Crippen LogP contribution is 2.22. The zero-order chi connectivity index (χ0) is 17.5. The highest BCUT2D eigenvalue weighted by Gasteiger charge is 2.28. The summed E-state index contributed by atoms with van der Waals surface area (Å²) in [5.41, 5.74) is 0.774. The van der Waals surface area contributed by atoms with Crippen molar-refractivity contribution in [1.29, 1.82) is 0 Å². The zero-order valence-electron chi connectivity index (χ0n) is 13.9. The van der Waals surface area contributed by atoms with Gasteiger partial charge in [-0.3, -0.25) is 4.79 Å². The van der Waals surface area contributed by atoms with Gasteiger partial charge in [-0.05, 0) is 31.9 Å². The summed E-state index contributed by atoms with van der Waals surface area (Å²) in [6.07, 6.45) is 0.742. The first-order chi connectivity index (χ1) is 11.6. The minimum absolute atomic E-state index is 0.156. The second-order valence-corrected chi connectivity index (χ2v) is 5.49. The molecule has 7 nitrogen and oxygen atoms in total. The van der Waals surface area contributed by atoms with E-state index in [1.807, 2.05) is 0 Å². The van der Waals surface area contributed by atoms with Crippen molar-refractivity contribution >= 4 is 23.7 Å². The molecule has 0 aromatic heterocycles. The third-order valence-corrected chi connectivity index (χ3v) is 3.98. The van der Waals surface area contributed by atoms with Crippen LogP contribution in [0, 0.1) is 5.92 Å². The lowest BCUT2D eigenvalue weighted by Gasteiger charge is -2.30. The number of carbonyl (C=O) groups excluding carboxylic acids is 3. The number of anilines is 1. The molecule has 0 radical (unpaired) electrons. The van der Waals surface area contributed by atoms with Crippen molar-refractivity contribution in [3.05, 3.63) is 29.8 Å². The zero-order valence-corrected chi connectivity index (χ0v) is 13.9. The largest absolute Gasteiger partial charge is 0.462 e. The van der Waals surface area contributed by atoms with Gasteiger partial charge in [0.05, 0.1) is 25.0 Å². The van der Waals surface area contributed by atoms with Crippen LogP contribution < -0.4 is 5.32 Å². The number of amides is 2. The van der Waals surface area contributed by atoms with Crippen molar-refractivity contribution in [3.63, 3.8) is 0 Å². The second kappa shape index (κ2) is 8.33. The number of hydrogen-bond donors (Lipinski definition) is 1. The van der Waals surface area contributed by atoms with Crippen molar-refractivity contribution in [2.24, 2.45) is 5.92 Å². The summed E-state index contributed by atoms with van der Waals surface area (Å²) in [5, 5.41) is 2.80. The summed E-state index contributed by atoms with van der Waals surface area (Å²) in [7, 11) is 1.34. The van der Waals surface area contributed by atoms with E-state index in [9.17, 15) is 14.4 Å². The van der Waals surface area contributed by atoms with Gasteiger partial charge in [-0.1, -0.05) is 12.1 Å². The molecule has 1 aliphatic rings. The molecule has 0 bridgehead atoms. The number of nitrogens with one attached hydrogen (secondary N) is 1. The number of para-hydroxylation sites is 1. The Bertz CT molecular complexity index is 609. The molecule has 24 heavy (non-hydrogen) atoms. The molecule has 7 heteroatoms. The van der Waals surface area contributed by atoms with Gasteiger partial charge in [0, 0.05) is 19.0 Å². The first kappa shape index (κ1) is 17.8. The van der Waals surface area contributed by atoms with Crippen molar-refractivity contribution < 1.29 is 23.9 Å². The fraction of sp³-hybridized carbons (Fsp3) is 0.471. The van der Waals surface area contributed by atoms with Crippen molar-refractivity contribution in [2.75, 3.05) is 32.1 Å². The predicted octanol–water partition coefficient (Wildman–Crippen LogP) is 2.28. The molecule has 1 aromatic rings. The number of methoxy groups -OCH3 is 1. The first-order valence-corrected chi connectivity index (χ1v) is 7.96. The molecule has 0 aliphatic carbocycles. The number of esters is 1. The molecule has 0 spiro atoms. The van der Waals surface area contributed by atoms with Crippen molar-refractivity contribution in [1.82, 2.24) is 4.90 Å². The van der Waals surface area contributed by atoms with E-state index in [2.05, 4.69) is 10.1 Å². The Morgan fingerprint density at radius 2 is 1.88 bits per heavy atom. The molecule has 0 atom stereocenters. The number of piperidine rings is 1. The summed E-state index contributed by atoms with van der Waals surface area (Å²) in [6.45, 7) is 2.95. The minimum atomic E-state index is -0.464. The highest BCUT2D eigenvalue weighted by atomic mass is 16.5. The maximum Gasteiger partial charge on any atom is 0.409 e. The van der Waals surface area contributed by atoms with Crippen molar-refractivity contribution in [2.45, 2.75) is 19.8 Å². The van der Waals surface area contributed by atoms with E-state index in [0.29, 0.717) is 37.2 Å². The summed E-state index contributed by atoms with van der Waals surface area (Å²) in [6, 6.07) is 6.76. The molecule has 2 amide bonds. The van der Waals surface area contributed by atoms with Crippen LogP contribution in [-0.2, 0) is 14.3 Å². The first-order valence-electron chi connectivity index (χ1n) is 7.96. The van der Waals surface area contributed by atoms with Crippen molar-refractivity contribution in [3.8, 4) is 0 Å². The highest BCUT2D eigenvalue weighted by molar-refractivity contribution is 6.01. The van der Waals surface area contributed by atoms with E-state index < -0.39 is 5.97 Å². The van der Waals surface area contributed by atoms with Crippen LogP contribution in [0.2, 0.25) is 0 Å². The topological polar surface area (TPSA) is 84.9 Å². The monoisotopic (exact) mass is 334 g/mol. The number of nitrogens with zero attached hydrogens (tertiary/aromatic N) is 1. The molecular weight excluding hydrogens is 312 g/mol. The molecule has 1 aromatic carbocycles. The second-order valence-electron chi connectivity index (χ2n) is 5.49. The fourth-order valence-electron chi connectivity index (χ4n) is 2.67. The van der Waals surface area contributed by atoms with E-state index in [-0.39, 0.29) is 24.5 Å². The molecule has 130 valence electrons. The van der Waals surface area contributed by atoms with Crippen LogP contribution in [0.15, 0.2) is 24.3 Å². The Labute approximate surface area is 140 Å². The van der Waals surface area contributed by atoms with Gasteiger partial charge < -0.3 is 19.7 Å². The average molecular weight is 334 g/mol. The van der Waals surface area contributed by atoms with Crippen LogP contribution in [0.4, 0.5) is 10.5 Å². The molecule has 2 rings (SSSR count). The lowest BCUT2D eigenvalue weighted by Crippen LogP contribution is -2.41. The van der Waals surface area contributed by atoms with Crippen LogP contribution in [0.3, 0.4) is 0 Å². The molecule has 1 saturated heterocycles. The minimum Gasteiger partial charge on any atom is -0.462 e. The molecule has 1 heterocycles. The lowest BCUT2D eigenvalue weighted by molar-refractivity contribution is -0.121. The predicted molar refractivity (Wildman–Crippen MR) is 87.7 cm³/mol. The third kappa shape index (κ3) is 4.24. The molecule has 1 fully saturated rings. The summed E-state index contributed by atoms with van der Waals surface area (Å²) in [5.74, 6) is -0.827. The summed E-state index contributed by atoms with van der Waals surface area (Å²) >= 11 is 0. The fourth-order valence-corrected chi connectivity index (χ4v) is 2.67. The van der Waals surface area contributed by atoms with Gasteiger partial charge in [-0.2, -0.15) is 0 Å². The van der Waals surface area contributed by atoms with E-state index in [1.165, 1.54) is 7.11 Å². The average Bonchev–Trinajstić information content (AvgIpc) is 2.61. The number of carbonyl (C=O) groups is 3. The van der Waals surface area contributed by atoms with Crippen LogP contribution in [0.5, 0.6) is 0 Å². The Balaban J connectivity index is 1.99. The van der Waals surface area contributed by atoms with Gasteiger partial charge >= 0.3 is 12.1 Å². The van der Waals surface area contributed by atoms with Crippen LogP contribution in [0.1, 0.15) is 30.1 Å². The van der Waals surface area contributed by atoms with Gasteiger partial charge in [-0.25, -0.2) is 9.59 Å². The normalized spacial score (nSPS) is 14.8. The van der Waals surface area contributed by atoms with Gasteiger partial charge in [-0.15, -0.1) is 0 Å². The van der Waals surface area contributed by atoms with Gasteiger partial charge in [0.2, 0.25) is 5.91 Å². The standard InChI is InChI=1S/C17H22N2O5/c1-3-24-16(21)13-6-4-5-7-14(13)18-15(20)12-8-10-19(11-9-12)17(22)23-2/h4-7,12H,3,8-11H2,1-2H3,(H,18,20). The van der Waals surface area contributed by atoms with Crippen LogP contribution in [-0.4, -0.2) is 49.7 Å². The summed E-state index contributed by atoms with van der Waals surface area (Å²) < 4.78 is 9.68. The number of benzene rings is 1. The maximum absolute atomic E-state index is 12.4. The quantitative estimate of drug-likeness (QED) is 0.854. The lowest BCUT2D eigenvalue weighted by atomic mass is 9.96. The van der Waals surface area contributed by atoms with E-state index >= 15 is 0 Å². The van der Waals surface area contributed by atoms with E-state index in [1.54, 1.807) is 36.1 Å². The summed E-state index contributed by atoms with van der Waals surface area (Å²) in [4.78, 5) is 37.4. The van der Waals surface area contributed by atoms with Crippen LogP contribution >= 0.6 is 0 Å². The van der Waals surface area contributed by atoms with E-state index in [0.717, 1.165) is 0 Å². The number of ether oxygens (including phenoxy) is 2. The molecule has 0 unspecified atom stereocenters.